The van der Waals surface area contributed by atoms with Crippen LogP contribution < -0.4 is 5.32 Å². The molecule has 0 saturated carbocycles. The van der Waals surface area contributed by atoms with Crippen molar-refractivity contribution >= 4 is 5.91 Å². The summed E-state index contributed by atoms with van der Waals surface area (Å²) in [5.74, 6) is 0.0345. The Labute approximate surface area is 116 Å². The average molecular weight is 265 g/mol. The summed E-state index contributed by atoms with van der Waals surface area (Å²) in [4.78, 5) is 12.3. The molecule has 1 rings (SSSR count). The van der Waals surface area contributed by atoms with Gasteiger partial charge >= 0.3 is 0 Å². The van der Waals surface area contributed by atoms with E-state index in [0.29, 0.717) is 0 Å². The second-order valence-corrected chi connectivity index (χ2v) is 5.68. The lowest BCUT2D eigenvalue weighted by atomic mass is 10.0. The third kappa shape index (κ3) is 3.82. The fourth-order valence-electron chi connectivity index (χ4n) is 1.90. The molecule has 4 nitrogen and oxygen atoms in total. The SMILES string of the molecule is CCc1cc(CC)n(C(C)C(=O)NC(C)(C)CC)n1. The normalized spacial score (nSPS) is 13.4. The number of rotatable bonds is 6. The zero-order valence-electron chi connectivity index (χ0n) is 13.1. The average Bonchev–Trinajstić information content (AvgIpc) is 2.80. The molecule has 0 bridgehead atoms. The highest BCUT2D eigenvalue weighted by Gasteiger charge is 2.24. The van der Waals surface area contributed by atoms with E-state index in [-0.39, 0.29) is 17.5 Å². The van der Waals surface area contributed by atoms with Gasteiger partial charge in [0.2, 0.25) is 5.91 Å². The molecule has 1 N–H and O–H groups in total. The Bertz CT molecular complexity index is 435. The molecule has 0 aromatic carbocycles. The highest BCUT2D eigenvalue weighted by atomic mass is 16.2. The first-order chi connectivity index (χ1) is 8.84. The van der Waals surface area contributed by atoms with Gasteiger partial charge in [0.25, 0.3) is 0 Å². The van der Waals surface area contributed by atoms with Crippen LogP contribution in [0.25, 0.3) is 0 Å². The van der Waals surface area contributed by atoms with E-state index in [4.69, 9.17) is 0 Å². The molecule has 1 unspecified atom stereocenters. The Morgan fingerprint density at radius 2 is 2.00 bits per heavy atom. The standard InChI is InChI=1S/C15H27N3O/c1-7-12-10-13(8-2)18(17-12)11(4)14(19)16-15(5,6)9-3/h10-11H,7-9H2,1-6H3,(H,16,19). The minimum absolute atomic E-state index is 0.0345. The van der Waals surface area contributed by atoms with Crippen LogP contribution in [0.2, 0.25) is 0 Å². The van der Waals surface area contributed by atoms with E-state index in [9.17, 15) is 4.79 Å². The summed E-state index contributed by atoms with van der Waals surface area (Å²) in [6.07, 6.45) is 2.70. The van der Waals surface area contributed by atoms with Crippen LogP contribution >= 0.6 is 0 Å². The molecule has 0 spiro atoms. The van der Waals surface area contributed by atoms with Crippen LogP contribution in [-0.4, -0.2) is 21.2 Å². The molecule has 1 amide bonds. The van der Waals surface area contributed by atoms with Gasteiger partial charge in [0.15, 0.2) is 0 Å². The first kappa shape index (κ1) is 15.7. The van der Waals surface area contributed by atoms with E-state index < -0.39 is 0 Å². The molecule has 108 valence electrons. The van der Waals surface area contributed by atoms with Crippen LogP contribution in [0.4, 0.5) is 0 Å². The Kier molecular flexibility index (Phi) is 5.15. The summed E-state index contributed by atoms with van der Waals surface area (Å²) in [6.45, 7) is 12.2. The summed E-state index contributed by atoms with van der Waals surface area (Å²) in [5, 5.41) is 7.62. The Hall–Kier alpha value is -1.32. The molecule has 0 aliphatic heterocycles. The smallest absolute Gasteiger partial charge is 0.244 e. The summed E-state index contributed by atoms with van der Waals surface area (Å²) in [5.41, 5.74) is 2.00. The summed E-state index contributed by atoms with van der Waals surface area (Å²) < 4.78 is 1.86. The predicted octanol–water partition coefficient (Wildman–Crippen LogP) is 2.87. The largest absolute Gasteiger partial charge is 0.349 e. The van der Waals surface area contributed by atoms with Gasteiger partial charge in [-0.25, -0.2) is 0 Å². The van der Waals surface area contributed by atoms with E-state index >= 15 is 0 Å². The van der Waals surface area contributed by atoms with Gasteiger partial charge in [-0.15, -0.1) is 0 Å². The molecule has 0 radical (unpaired) electrons. The number of aryl methyl sites for hydroxylation is 2. The number of carbonyl (C=O) groups is 1. The van der Waals surface area contributed by atoms with Gasteiger partial charge in [-0.1, -0.05) is 20.8 Å². The molecule has 1 aromatic heterocycles. The topological polar surface area (TPSA) is 46.9 Å². The molecule has 1 heterocycles. The maximum absolute atomic E-state index is 12.3. The lowest BCUT2D eigenvalue weighted by Gasteiger charge is -2.27. The van der Waals surface area contributed by atoms with Crippen molar-refractivity contribution in [3.05, 3.63) is 17.5 Å². The first-order valence-corrected chi connectivity index (χ1v) is 7.23. The van der Waals surface area contributed by atoms with Crippen molar-refractivity contribution in [2.45, 2.75) is 72.4 Å². The number of carbonyl (C=O) groups excluding carboxylic acids is 1. The molecule has 1 aromatic rings. The van der Waals surface area contributed by atoms with Crippen LogP contribution in [0.15, 0.2) is 6.07 Å². The fourth-order valence-corrected chi connectivity index (χ4v) is 1.90. The minimum Gasteiger partial charge on any atom is -0.349 e. The molecule has 4 heteroatoms. The zero-order valence-corrected chi connectivity index (χ0v) is 13.1. The summed E-state index contributed by atoms with van der Waals surface area (Å²) in [6, 6.07) is 1.83. The summed E-state index contributed by atoms with van der Waals surface area (Å²) >= 11 is 0. The molecular formula is C15H27N3O. The van der Waals surface area contributed by atoms with Crippen molar-refractivity contribution in [1.82, 2.24) is 15.1 Å². The predicted molar refractivity (Wildman–Crippen MR) is 78.2 cm³/mol. The van der Waals surface area contributed by atoms with Crippen LogP contribution in [0, 0.1) is 0 Å². The van der Waals surface area contributed by atoms with Crippen LogP contribution in [0.3, 0.4) is 0 Å². The lowest BCUT2D eigenvalue weighted by Crippen LogP contribution is -2.45. The number of nitrogens with zero attached hydrogens (tertiary/aromatic N) is 2. The maximum atomic E-state index is 12.3. The van der Waals surface area contributed by atoms with Crippen molar-refractivity contribution in [3.8, 4) is 0 Å². The van der Waals surface area contributed by atoms with Crippen LogP contribution in [0.1, 0.15) is 65.4 Å². The van der Waals surface area contributed by atoms with Gasteiger partial charge in [-0.2, -0.15) is 5.10 Å². The number of aromatic nitrogens is 2. The van der Waals surface area contributed by atoms with Gasteiger partial charge in [-0.05, 0) is 46.1 Å². The van der Waals surface area contributed by atoms with Crippen molar-refractivity contribution < 1.29 is 4.79 Å². The Balaban J connectivity index is 2.90. The zero-order chi connectivity index (χ0) is 14.6. The van der Waals surface area contributed by atoms with E-state index in [1.54, 1.807) is 0 Å². The van der Waals surface area contributed by atoms with Crippen molar-refractivity contribution in [3.63, 3.8) is 0 Å². The minimum atomic E-state index is -0.263. The quantitative estimate of drug-likeness (QED) is 0.859. The lowest BCUT2D eigenvalue weighted by molar-refractivity contribution is -0.125. The molecular weight excluding hydrogens is 238 g/mol. The molecule has 0 saturated heterocycles. The molecule has 0 aliphatic carbocycles. The molecule has 19 heavy (non-hydrogen) atoms. The number of amides is 1. The van der Waals surface area contributed by atoms with E-state index in [0.717, 1.165) is 30.7 Å². The van der Waals surface area contributed by atoms with Crippen LogP contribution in [-0.2, 0) is 17.6 Å². The highest BCUT2D eigenvalue weighted by Crippen LogP contribution is 2.15. The van der Waals surface area contributed by atoms with E-state index in [1.807, 2.05) is 25.5 Å². The second kappa shape index (κ2) is 6.22. The summed E-state index contributed by atoms with van der Waals surface area (Å²) in [7, 11) is 0. The van der Waals surface area contributed by atoms with Crippen LogP contribution in [0.5, 0.6) is 0 Å². The van der Waals surface area contributed by atoms with Gasteiger partial charge in [0.05, 0.1) is 5.69 Å². The molecule has 0 aliphatic rings. The van der Waals surface area contributed by atoms with Gasteiger partial charge in [0.1, 0.15) is 6.04 Å². The first-order valence-electron chi connectivity index (χ1n) is 7.23. The third-order valence-electron chi connectivity index (χ3n) is 3.68. The third-order valence-corrected chi connectivity index (χ3v) is 3.68. The van der Waals surface area contributed by atoms with Gasteiger partial charge < -0.3 is 5.32 Å². The number of nitrogens with one attached hydrogen (secondary N) is 1. The van der Waals surface area contributed by atoms with Crippen molar-refractivity contribution in [2.75, 3.05) is 0 Å². The fraction of sp³-hybridized carbons (Fsp3) is 0.733. The van der Waals surface area contributed by atoms with Crippen molar-refractivity contribution in [1.29, 1.82) is 0 Å². The molecule has 0 fully saturated rings. The Morgan fingerprint density at radius 1 is 1.37 bits per heavy atom. The van der Waals surface area contributed by atoms with Crippen molar-refractivity contribution in [2.24, 2.45) is 0 Å². The van der Waals surface area contributed by atoms with E-state index in [2.05, 4.69) is 37.3 Å². The molecule has 1 atom stereocenters. The number of hydrogen-bond acceptors (Lipinski definition) is 2. The monoisotopic (exact) mass is 265 g/mol. The van der Waals surface area contributed by atoms with E-state index in [1.165, 1.54) is 0 Å². The maximum Gasteiger partial charge on any atom is 0.244 e. The Morgan fingerprint density at radius 3 is 2.47 bits per heavy atom. The second-order valence-electron chi connectivity index (χ2n) is 5.68. The number of hydrogen-bond donors (Lipinski definition) is 1. The van der Waals surface area contributed by atoms with Gasteiger partial charge in [-0.3, -0.25) is 9.48 Å². The van der Waals surface area contributed by atoms with Gasteiger partial charge in [0, 0.05) is 11.2 Å². The highest BCUT2D eigenvalue weighted by molar-refractivity contribution is 5.80.